The number of nitrogen functional groups attached to an aromatic ring is 2. The van der Waals surface area contributed by atoms with Crippen LogP contribution in [-0.2, 0) is 0 Å². The van der Waals surface area contributed by atoms with Crippen LogP contribution >= 0.6 is 24.8 Å². The van der Waals surface area contributed by atoms with Gasteiger partial charge in [0.2, 0.25) is 0 Å². The molecule has 0 amide bonds. The van der Waals surface area contributed by atoms with Crippen LogP contribution in [0.15, 0.2) is 18.2 Å². The molecule has 0 aliphatic carbocycles. The van der Waals surface area contributed by atoms with Gasteiger partial charge in [0, 0.05) is 23.5 Å². The number of phenols is 1. The van der Waals surface area contributed by atoms with Gasteiger partial charge in [0.05, 0.1) is 0 Å². The average molecular weight is 197 g/mol. The van der Waals surface area contributed by atoms with Crippen LogP contribution in [0.3, 0.4) is 0 Å². The maximum atomic E-state index is 8.83. The van der Waals surface area contributed by atoms with E-state index < -0.39 is 0 Å². The Bertz CT molecular complexity index is 179. The van der Waals surface area contributed by atoms with Crippen LogP contribution < -0.4 is 11.5 Å². The Balaban J connectivity index is 0. The minimum absolute atomic E-state index is 0. The molecule has 11 heavy (non-hydrogen) atoms. The maximum Gasteiger partial charge on any atom is 0.119 e. The third-order valence-electron chi connectivity index (χ3n) is 0.962. The molecule has 0 fully saturated rings. The Morgan fingerprint density at radius 1 is 0.909 bits per heavy atom. The molecule has 0 spiro atoms. The normalized spacial score (nSPS) is 7.64. The van der Waals surface area contributed by atoms with Crippen LogP contribution in [0, 0.1) is 0 Å². The molecule has 0 aliphatic heterocycles. The SMILES string of the molecule is Cl.Cl.Nc1cc(N)cc(O)c1. The van der Waals surface area contributed by atoms with Gasteiger partial charge in [-0.2, -0.15) is 0 Å². The van der Waals surface area contributed by atoms with Crippen molar-refractivity contribution in [3.8, 4) is 5.75 Å². The van der Waals surface area contributed by atoms with Gasteiger partial charge in [0.15, 0.2) is 0 Å². The lowest BCUT2D eigenvalue weighted by molar-refractivity contribution is 0.476. The predicted octanol–water partition coefficient (Wildman–Crippen LogP) is 1.40. The monoisotopic (exact) mass is 196 g/mol. The standard InChI is InChI=1S/C6H8N2O.2ClH/c7-4-1-5(8)3-6(9)2-4;;/h1-3,9H,7-8H2;2*1H. The zero-order chi connectivity index (χ0) is 6.85. The molecule has 0 atom stereocenters. The molecule has 1 aromatic carbocycles. The Kier molecular flexibility index (Phi) is 5.76. The highest BCUT2D eigenvalue weighted by Gasteiger charge is 1.90. The summed E-state index contributed by atoms with van der Waals surface area (Å²) in [6.45, 7) is 0. The molecule has 5 N–H and O–H groups in total. The van der Waals surface area contributed by atoms with Crippen molar-refractivity contribution in [1.82, 2.24) is 0 Å². The van der Waals surface area contributed by atoms with Crippen LogP contribution in [-0.4, -0.2) is 5.11 Å². The number of phenolic OH excluding ortho intramolecular Hbond substituents is 1. The maximum absolute atomic E-state index is 8.83. The number of anilines is 2. The van der Waals surface area contributed by atoms with Gasteiger partial charge in [-0.25, -0.2) is 0 Å². The highest BCUT2D eigenvalue weighted by atomic mass is 35.5. The first-order valence-corrected chi connectivity index (χ1v) is 2.53. The summed E-state index contributed by atoms with van der Waals surface area (Å²) in [7, 11) is 0. The fraction of sp³-hybridized carbons (Fsp3) is 0. The predicted molar refractivity (Wildman–Crippen MR) is 51.4 cm³/mol. The third kappa shape index (κ3) is 3.80. The van der Waals surface area contributed by atoms with E-state index in [1.807, 2.05) is 0 Å². The Morgan fingerprint density at radius 2 is 1.27 bits per heavy atom. The Labute approximate surface area is 77.2 Å². The number of hydrogen-bond donors (Lipinski definition) is 3. The van der Waals surface area contributed by atoms with E-state index in [1.54, 1.807) is 6.07 Å². The largest absolute Gasteiger partial charge is 0.508 e. The smallest absolute Gasteiger partial charge is 0.119 e. The number of aromatic hydroxyl groups is 1. The molecule has 0 radical (unpaired) electrons. The van der Waals surface area contributed by atoms with E-state index in [1.165, 1.54) is 12.1 Å². The van der Waals surface area contributed by atoms with E-state index in [-0.39, 0.29) is 30.6 Å². The van der Waals surface area contributed by atoms with E-state index in [0.717, 1.165) is 0 Å². The molecular weight excluding hydrogens is 187 g/mol. The van der Waals surface area contributed by atoms with Crippen molar-refractivity contribution < 1.29 is 5.11 Å². The molecule has 0 bridgehead atoms. The summed E-state index contributed by atoms with van der Waals surface area (Å²) in [5.41, 5.74) is 11.6. The average Bonchev–Trinajstić information content (AvgIpc) is 1.59. The topological polar surface area (TPSA) is 72.3 Å². The lowest BCUT2D eigenvalue weighted by Crippen LogP contribution is -1.88. The molecule has 1 rings (SSSR count). The molecule has 0 aliphatic rings. The summed E-state index contributed by atoms with van der Waals surface area (Å²) in [6.07, 6.45) is 0. The van der Waals surface area contributed by atoms with Crippen molar-refractivity contribution in [3.63, 3.8) is 0 Å². The molecule has 5 heteroatoms. The first kappa shape index (κ1) is 12.8. The molecule has 1 aromatic rings. The van der Waals surface area contributed by atoms with Crippen molar-refractivity contribution in [2.45, 2.75) is 0 Å². The van der Waals surface area contributed by atoms with Crippen molar-refractivity contribution in [2.24, 2.45) is 0 Å². The van der Waals surface area contributed by atoms with Crippen molar-refractivity contribution in [1.29, 1.82) is 0 Å². The van der Waals surface area contributed by atoms with E-state index in [4.69, 9.17) is 16.6 Å². The molecule has 0 heterocycles. The van der Waals surface area contributed by atoms with Crippen LogP contribution in [0.2, 0.25) is 0 Å². The molecule has 3 nitrogen and oxygen atoms in total. The first-order valence-electron chi connectivity index (χ1n) is 2.53. The van der Waals surface area contributed by atoms with E-state index in [9.17, 15) is 0 Å². The van der Waals surface area contributed by atoms with Gasteiger partial charge in [-0.15, -0.1) is 24.8 Å². The number of halogens is 2. The molecule has 0 unspecified atom stereocenters. The summed E-state index contributed by atoms with van der Waals surface area (Å²) >= 11 is 0. The Hall–Kier alpha value is -0.800. The molecule has 64 valence electrons. The summed E-state index contributed by atoms with van der Waals surface area (Å²) in [5, 5.41) is 8.83. The molecule has 0 aromatic heterocycles. The van der Waals surface area contributed by atoms with Crippen molar-refractivity contribution >= 4 is 36.2 Å². The Morgan fingerprint density at radius 3 is 1.55 bits per heavy atom. The highest BCUT2D eigenvalue weighted by Crippen LogP contribution is 2.17. The summed E-state index contributed by atoms with van der Waals surface area (Å²) in [5.74, 6) is 0.104. The van der Waals surface area contributed by atoms with Gasteiger partial charge in [0.25, 0.3) is 0 Å². The first-order chi connectivity index (χ1) is 4.18. The summed E-state index contributed by atoms with van der Waals surface area (Å²) in [4.78, 5) is 0. The van der Waals surface area contributed by atoms with Crippen molar-refractivity contribution in [3.05, 3.63) is 18.2 Å². The lowest BCUT2D eigenvalue weighted by Gasteiger charge is -1.96. The second-order valence-corrected chi connectivity index (χ2v) is 1.86. The summed E-state index contributed by atoms with van der Waals surface area (Å²) < 4.78 is 0. The second kappa shape index (κ2) is 4.93. The van der Waals surface area contributed by atoms with Gasteiger partial charge in [-0.3, -0.25) is 0 Å². The van der Waals surface area contributed by atoms with E-state index >= 15 is 0 Å². The number of nitrogens with two attached hydrogens (primary N) is 2. The van der Waals surface area contributed by atoms with Gasteiger partial charge < -0.3 is 16.6 Å². The minimum Gasteiger partial charge on any atom is -0.508 e. The number of benzene rings is 1. The van der Waals surface area contributed by atoms with Crippen LogP contribution in [0.5, 0.6) is 5.75 Å². The van der Waals surface area contributed by atoms with Gasteiger partial charge in [-0.1, -0.05) is 0 Å². The van der Waals surface area contributed by atoms with E-state index in [0.29, 0.717) is 11.4 Å². The highest BCUT2D eigenvalue weighted by molar-refractivity contribution is 5.85. The fourth-order valence-electron chi connectivity index (χ4n) is 0.659. The molecule has 0 saturated carbocycles. The van der Waals surface area contributed by atoms with Gasteiger partial charge in [0.1, 0.15) is 5.75 Å². The molecular formula is C6H10Cl2N2O. The van der Waals surface area contributed by atoms with Crippen LogP contribution in [0.25, 0.3) is 0 Å². The van der Waals surface area contributed by atoms with Gasteiger partial charge in [-0.05, 0) is 6.07 Å². The fourth-order valence-corrected chi connectivity index (χ4v) is 0.659. The lowest BCUT2D eigenvalue weighted by atomic mass is 10.3. The van der Waals surface area contributed by atoms with Gasteiger partial charge >= 0.3 is 0 Å². The zero-order valence-electron chi connectivity index (χ0n) is 5.65. The summed E-state index contributed by atoms with van der Waals surface area (Å²) in [6, 6.07) is 4.46. The number of hydrogen-bond acceptors (Lipinski definition) is 3. The van der Waals surface area contributed by atoms with Crippen LogP contribution in [0.1, 0.15) is 0 Å². The van der Waals surface area contributed by atoms with Crippen molar-refractivity contribution in [2.75, 3.05) is 11.5 Å². The van der Waals surface area contributed by atoms with E-state index in [2.05, 4.69) is 0 Å². The quantitative estimate of drug-likeness (QED) is 0.550. The third-order valence-corrected chi connectivity index (χ3v) is 0.962. The zero-order valence-corrected chi connectivity index (χ0v) is 7.28. The molecule has 0 saturated heterocycles. The van der Waals surface area contributed by atoms with Crippen LogP contribution in [0.4, 0.5) is 11.4 Å². The minimum atomic E-state index is 0. The number of rotatable bonds is 0. The second-order valence-electron chi connectivity index (χ2n) is 1.86.